The maximum atomic E-state index is 13.4. The summed E-state index contributed by atoms with van der Waals surface area (Å²) >= 11 is 0. The number of carbonyl (C=O) groups is 1. The second kappa shape index (κ2) is 10.7. The second-order valence-corrected chi connectivity index (χ2v) is 10.2. The van der Waals surface area contributed by atoms with Crippen molar-refractivity contribution < 1.29 is 22.7 Å². The number of hydrogen-bond acceptors (Lipinski definition) is 5. The molecule has 206 valence electrons. The van der Waals surface area contributed by atoms with E-state index in [9.17, 15) is 23.2 Å². The van der Waals surface area contributed by atoms with Crippen molar-refractivity contribution >= 4 is 17.2 Å². The third-order valence-corrected chi connectivity index (χ3v) is 7.41. The van der Waals surface area contributed by atoms with Gasteiger partial charge in [0, 0.05) is 31.9 Å². The van der Waals surface area contributed by atoms with E-state index in [0.717, 1.165) is 22.4 Å². The van der Waals surface area contributed by atoms with Gasteiger partial charge in [0.1, 0.15) is 5.75 Å². The van der Waals surface area contributed by atoms with Crippen molar-refractivity contribution in [3.63, 3.8) is 0 Å². The van der Waals surface area contributed by atoms with Crippen LogP contribution in [0.1, 0.15) is 30.6 Å². The summed E-state index contributed by atoms with van der Waals surface area (Å²) in [5, 5.41) is 10.1. The number of rotatable bonds is 6. The fourth-order valence-corrected chi connectivity index (χ4v) is 5.37. The van der Waals surface area contributed by atoms with Gasteiger partial charge in [-0.25, -0.2) is 4.98 Å². The van der Waals surface area contributed by atoms with E-state index in [-0.39, 0.29) is 30.8 Å². The lowest BCUT2D eigenvalue weighted by Gasteiger charge is -2.40. The molecule has 1 saturated heterocycles. The van der Waals surface area contributed by atoms with Crippen LogP contribution in [0.3, 0.4) is 0 Å². The van der Waals surface area contributed by atoms with E-state index in [0.29, 0.717) is 18.7 Å². The molecule has 10 heteroatoms. The minimum Gasteiger partial charge on any atom is -0.406 e. The Hall–Kier alpha value is -4.36. The smallest absolute Gasteiger partial charge is 0.406 e. The molecule has 5 rings (SSSR count). The summed E-state index contributed by atoms with van der Waals surface area (Å²) in [5.41, 5.74) is 3.35. The van der Waals surface area contributed by atoms with Crippen LogP contribution >= 0.6 is 0 Å². The van der Waals surface area contributed by atoms with Gasteiger partial charge in [0.15, 0.2) is 0 Å². The third-order valence-electron chi connectivity index (χ3n) is 7.41. The molecule has 0 N–H and O–H groups in total. The van der Waals surface area contributed by atoms with Gasteiger partial charge in [-0.05, 0) is 42.2 Å². The molecule has 1 aromatic heterocycles. The standard InChI is InChI=1S/C30H28F3N5O2/c1-29(19-34)12-11-22(15-25(29)21-7-4-3-5-8-21)28(26-17-35-20-36(26)2)37-13-14-38(27(39)18-37)23-9-6-10-24(16-23)40-30(31,32)33/h3-11,15-17,20,28H,12-14,18H2,1-2H3. The lowest BCUT2D eigenvalue weighted by Crippen LogP contribution is -2.52. The number of allylic oxidation sites excluding steroid dienone is 2. The minimum absolute atomic E-state index is 0.0432. The summed E-state index contributed by atoms with van der Waals surface area (Å²) in [6.45, 7) is 2.72. The Labute approximate surface area is 230 Å². The van der Waals surface area contributed by atoms with Gasteiger partial charge in [-0.15, -0.1) is 13.2 Å². The normalized spacial score (nSPS) is 20.9. The van der Waals surface area contributed by atoms with E-state index in [2.05, 4.69) is 27.9 Å². The fraction of sp³-hybridized carbons (Fsp3) is 0.300. The van der Waals surface area contributed by atoms with Gasteiger partial charge < -0.3 is 14.2 Å². The van der Waals surface area contributed by atoms with Gasteiger partial charge in [-0.1, -0.05) is 48.6 Å². The van der Waals surface area contributed by atoms with Crippen molar-refractivity contribution in [2.24, 2.45) is 12.5 Å². The fourth-order valence-electron chi connectivity index (χ4n) is 5.37. The number of benzene rings is 2. The number of amides is 1. The zero-order valence-corrected chi connectivity index (χ0v) is 22.1. The topological polar surface area (TPSA) is 74.4 Å². The highest BCUT2D eigenvalue weighted by molar-refractivity contribution is 5.95. The third kappa shape index (κ3) is 5.51. The van der Waals surface area contributed by atoms with Crippen molar-refractivity contribution in [2.75, 3.05) is 24.5 Å². The largest absolute Gasteiger partial charge is 0.573 e. The molecule has 2 aromatic carbocycles. The van der Waals surface area contributed by atoms with Crippen LogP contribution in [-0.4, -0.2) is 46.4 Å². The summed E-state index contributed by atoms with van der Waals surface area (Å²) in [5.74, 6) is -0.618. The Bertz CT molecular complexity index is 1510. The molecular weight excluding hydrogens is 519 g/mol. The van der Waals surface area contributed by atoms with Crippen LogP contribution in [-0.2, 0) is 11.8 Å². The number of halogens is 3. The number of ether oxygens (including phenoxy) is 1. The molecule has 1 aliphatic heterocycles. The number of anilines is 1. The van der Waals surface area contributed by atoms with Crippen molar-refractivity contribution in [1.29, 1.82) is 5.26 Å². The van der Waals surface area contributed by atoms with E-state index in [1.165, 1.54) is 23.1 Å². The van der Waals surface area contributed by atoms with Crippen molar-refractivity contribution in [3.8, 4) is 11.8 Å². The summed E-state index contributed by atoms with van der Waals surface area (Å²) < 4.78 is 44.2. The van der Waals surface area contributed by atoms with Crippen LogP contribution in [0.4, 0.5) is 18.9 Å². The number of piperazine rings is 1. The van der Waals surface area contributed by atoms with Gasteiger partial charge >= 0.3 is 6.36 Å². The molecule has 0 radical (unpaired) electrons. The quantitative estimate of drug-likeness (QED) is 0.399. The zero-order chi connectivity index (χ0) is 28.5. The summed E-state index contributed by atoms with van der Waals surface area (Å²) in [4.78, 5) is 21.2. The highest BCUT2D eigenvalue weighted by atomic mass is 19.4. The molecule has 3 aromatic rings. The first-order chi connectivity index (χ1) is 19.1. The molecular formula is C30H28F3N5O2. The summed E-state index contributed by atoms with van der Waals surface area (Å²) in [6.07, 6.45) is 3.27. The first-order valence-electron chi connectivity index (χ1n) is 12.8. The van der Waals surface area contributed by atoms with Crippen LogP contribution in [0.25, 0.3) is 5.57 Å². The maximum Gasteiger partial charge on any atom is 0.573 e. The number of alkyl halides is 3. The molecule has 7 nitrogen and oxygen atoms in total. The monoisotopic (exact) mass is 547 g/mol. The number of imidazole rings is 1. The first-order valence-corrected chi connectivity index (χ1v) is 12.8. The highest BCUT2D eigenvalue weighted by Gasteiger charge is 2.38. The lowest BCUT2D eigenvalue weighted by molar-refractivity contribution is -0.274. The Kier molecular flexibility index (Phi) is 7.25. The Balaban J connectivity index is 1.46. The average molecular weight is 548 g/mol. The zero-order valence-electron chi connectivity index (χ0n) is 22.1. The van der Waals surface area contributed by atoms with Crippen LogP contribution < -0.4 is 9.64 Å². The first kappa shape index (κ1) is 27.2. The summed E-state index contributed by atoms with van der Waals surface area (Å²) in [7, 11) is 1.89. The lowest BCUT2D eigenvalue weighted by atomic mass is 9.72. The SMILES string of the molecule is Cn1cncc1C(C1=CCC(C)(C#N)C(c2ccccc2)=C1)N1CCN(c2cccc(OC(F)(F)F)c2)C(=O)C1. The van der Waals surface area contributed by atoms with Gasteiger partial charge in [0.05, 0.1) is 42.3 Å². The molecule has 2 atom stereocenters. The van der Waals surface area contributed by atoms with Gasteiger partial charge in [0.25, 0.3) is 0 Å². The molecule has 1 amide bonds. The van der Waals surface area contributed by atoms with Gasteiger partial charge in [0.2, 0.25) is 5.91 Å². The number of carbonyl (C=O) groups excluding carboxylic acids is 1. The Morgan fingerprint density at radius 2 is 1.90 bits per heavy atom. The van der Waals surface area contributed by atoms with Crippen molar-refractivity contribution in [3.05, 3.63) is 96.1 Å². The molecule has 1 aliphatic carbocycles. The van der Waals surface area contributed by atoms with E-state index in [4.69, 9.17) is 0 Å². The van der Waals surface area contributed by atoms with Crippen LogP contribution in [0.5, 0.6) is 5.75 Å². The average Bonchev–Trinajstić information content (AvgIpc) is 3.34. The molecule has 2 aliphatic rings. The Morgan fingerprint density at radius 1 is 1.12 bits per heavy atom. The molecule has 0 bridgehead atoms. The van der Waals surface area contributed by atoms with Crippen LogP contribution in [0.2, 0.25) is 0 Å². The predicted octanol–water partition coefficient (Wildman–Crippen LogP) is 5.65. The van der Waals surface area contributed by atoms with E-state index < -0.39 is 11.8 Å². The van der Waals surface area contributed by atoms with Gasteiger partial charge in [-0.3, -0.25) is 9.69 Å². The summed E-state index contributed by atoms with van der Waals surface area (Å²) in [6, 6.07) is 17.4. The Morgan fingerprint density at radius 3 is 2.55 bits per heavy atom. The van der Waals surface area contributed by atoms with Crippen LogP contribution in [0.15, 0.2) is 84.8 Å². The molecule has 0 spiro atoms. The second-order valence-electron chi connectivity index (χ2n) is 10.2. The number of nitriles is 1. The number of aromatic nitrogens is 2. The maximum absolute atomic E-state index is 13.4. The predicted molar refractivity (Wildman–Crippen MR) is 144 cm³/mol. The highest BCUT2D eigenvalue weighted by Crippen LogP contribution is 2.45. The van der Waals surface area contributed by atoms with Crippen molar-refractivity contribution in [2.45, 2.75) is 25.7 Å². The van der Waals surface area contributed by atoms with Crippen LogP contribution in [0, 0.1) is 16.7 Å². The van der Waals surface area contributed by atoms with Gasteiger partial charge in [-0.2, -0.15) is 5.26 Å². The molecule has 2 heterocycles. The van der Waals surface area contributed by atoms with E-state index in [1.54, 1.807) is 18.6 Å². The molecule has 2 unspecified atom stereocenters. The number of nitrogens with zero attached hydrogens (tertiary/aromatic N) is 5. The minimum atomic E-state index is -4.82. The molecule has 40 heavy (non-hydrogen) atoms. The number of aryl methyl sites for hydroxylation is 1. The van der Waals surface area contributed by atoms with E-state index >= 15 is 0 Å². The molecule has 1 fully saturated rings. The number of hydrogen-bond donors (Lipinski definition) is 0. The van der Waals surface area contributed by atoms with E-state index in [1.807, 2.05) is 53.8 Å². The van der Waals surface area contributed by atoms with Crippen molar-refractivity contribution in [1.82, 2.24) is 14.5 Å². The molecule has 0 saturated carbocycles.